The van der Waals surface area contributed by atoms with Gasteiger partial charge in [0.15, 0.2) is 0 Å². The van der Waals surface area contributed by atoms with E-state index in [2.05, 4.69) is 13.0 Å². The number of methoxy groups -OCH3 is 1. The third-order valence-corrected chi connectivity index (χ3v) is 3.57. The number of carboxylic acid groups (broad SMARTS) is 1. The van der Waals surface area contributed by atoms with E-state index < -0.39 is 12.1 Å². The molecule has 150 valence electrons. The van der Waals surface area contributed by atoms with Gasteiger partial charge in [-0.15, -0.1) is 0 Å². The van der Waals surface area contributed by atoms with Crippen molar-refractivity contribution in [2.24, 2.45) is 0 Å². The molecule has 2 N–H and O–H groups in total. The van der Waals surface area contributed by atoms with Crippen LogP contribution in [0.2, 0.25) is 0 Å². The number of ether oxygens (including phenoxy) is 1. The van der Waals surface area contributed by atoms with Crippen LogP contribution >= 0.6 is 0 Å². The van der Waals surface area contributed by atoms with Gasteiger partial charge in [-0.05, 0) is 32.1 Å². The monoisotopic (exact) mass is 374 g/mol. The molecule has 2 unspecified atom stereocenters. The van der Waals surface area contributed by atoms with Crippen LogP contribution in [0.1, 0.15) is 45.4 Å². The number of allylic oxidation sites excluding steroid dienone is 8. The molecule has 0 amide bonds. The molecule has 0 fully saturated rings. The Balaban J connectivity index is 4.00. The van der Waals surface area contributed by atoms with Crippen LogP contribution in [0.4, 0.5) is 0 Å². The summed E-state index contributed by atoms with van der Waals surface area (Å²) in [5.41, 5.74) is 0. The summed E-state index contributed by atoms with van der Waals surface area (Å²) in [6.45, 7) is 2.07. The summed E-state index contributed by atoms with van der Waals surface area (Å²) < 4.78 is 5.36. The molecule has 0 aromatic rings. The van der Waals surface area contributed by atoms with Gasteiger partial charge in [-0.3, -0.25) is 4.79 Å². The molecule has 0 aromatic carbocycles. The normalized spacial score (nSPS) is 15.4. The Morgan fingerprint density at radius 2 is 1.59 bits per heavy atom. The lowest BCUT2D eigenvalue weighted by atomic mass is 10.2. The van der Waals surface area contributed by atoms with Crippen LogP contribution in [0.15, 0.2) is 72.9 Å². The zero-order chi connectivity index (χ0) is 20.2. The SMILES string of the molecule is CC/C=C\CC(O)/C=C/C=C\C/C=C\C=C\C(C/C=C\CCC(=O)O)OC. The van der Waals surface area contributed by atoms with Crippen molar-refractivity contribution in [2.75, 3.05) is 7.11 Å². The van der Waals surface area contributed by atoms with E-state index >= 15 is 0 Å². The van der Waals surface area contributed by atoms with Gasteiger partial charge in [-0.25, -0.2) is 0 Å². The van der Waals surface area contributed by atoms with E-state index in [1.807, 2.05) is 60.8 Å². The van der Waals surface area contributed by atoms with Crippen molar-refractivity contribution >= 4 is 5.97 Å². The fourth-order valence-electron chi connectivity index (χ4n) is 2.06. The predicted molar refractivity (Wildman–Crippen MR) is 113 cm³/mol. The molecule has 4 nitrogen and oxygen atoms in total. The van der Waals surface area contributed by atoms with Gasteiger partial charge in [0.1, 0.15) is 0 Å². The molecular weight excluding hydrogens is 340 g/mol. The van der Waals surface area contributed by atoms with Gasteiger partial charge in [0.05, 0.1) is 12.2 Å². The topological polar surface area (TPSA) is 66.8 Å². The molecule has 2 atom stereocenters. The van der Waals surface area contributed by atoms with Crippen molar-refractivity contribution in [3.63, 3.8) is 0 Å². The molecule has 0 aliphatic carbocycles. The average Bonchev–Trinajstić information content (AvgIpc) is 2.64. The first-order valence-electron chi connectivity index (χ1n) is 9.49. The Morgan fingerprint density at radius 3 is 2.22 bits per heavy atom. The van der Waals surface area contributed by atoms with Crippen molar-refractivity contribution in [1.29, 1.82) is 0 Å². The Bertz CT molecular complexity index is 539. The number of carbonyl (C=O) groups is 1. The van der Waals surface area contributed by atoms with Gasteiger partial charge >= 0.3 is 5.97 Å². The third kappa shape index (κ3) is 18.4. The van der Waals surface area contributed by atoms with Crippen LogP contribution in [0, 0.1) is 0 Å². The van der Waals surface area contributed by atoms with E-state index in [0.717, 1.165) is 19.3 Å². The summed E-state index contributed by atoms with van der Waals surface area (Å²) in [7, 11) is 1.66. The van der Waals surface area contributed by atoms with E-state index in [4.69, 9.17) is 9.84 Å². The highest BCUT2D eigenvalue weighted by Gasteiger charge is 1.98. The van der Waals surface area contributed by atoms with Crippen LogP contribution in [0.5, 0.6) is 0 Å². The molecule has 0 saturated carbocycles. The number of hydrogen-bond acceptors (Lipinski definition) is 3. The Morgan fingerprint density at radius 1 is 0.926 bits per heavy atom. The standard InChI is InChI=1S/C23H34O4/c1-3-4-11-16-21(24)17-12-8-6-5-7-9-13-18-22(27-2)19-14-10-15-20-23(25)26/h4,6-14,17-18,21-22,24H,3,5,15-16,19-20H2,1-2H3,(H,25,26)/b8-6-,9-7-,11-4-,14-10-,17-12+,18-13+. The minimum Gasteiger partial charge on any atom is -0.481 e. The Labute approximate surface area is 163 Å². The molecule has 0 spiro atoms. The molecule has 0 heterocycles. The number of hydrogen-bond donors (Lipinski definition) is 2. The molecule has 0 radical (unpaired) electrons. The van der Waals surface area contributed by atoms with Crippen molar-refractivity contribution in [1.82, 2.24) is 0 Å². The fourth-order valence-corrected chi connectivity index (χ4v) is 2.06. The predicted octanol–water partition coefficient (Wildman–Crippen LogP) is 5.14. The minimum atomic E-state index is -0.780. The van der Waals surface area contributed by atoms with E-state index in [9.17, 15) is 9.90 Å². The van der Waals surface area contributed by atoms with E-state index in [1.165, 1.54) is 0 Å². The van der Waals surface area contributed by atoms with Gasteiger partial charge in [0.25, 0.3) is 0 Å². The van der Waals surface area contributed by atoms with Crippen molar-refractivity contribution in [3.05, 3.63) is 72.9 Å². The van der Waals surface area contributed by atoms with E-state index in [0.29, 0.717) is 12.8 Å². The summed E-state index contributed by atoms with van der Waals surface area (Å²) in [6.07, 6.45) is 26.8. The number of aliphatic carboxylic acids is 1. The average molecular weight is 375 g/mol. The quantitative estimate of drug-likeness (QED) is 0.307. The first-order chi connectivity index (χ1) is 13.1. The number of rotatable bonds is 15. The molecule has 0 bridgehead atoms. The lowest BCUT2D eigenvalue weighted by Gasteiger charge is -2.06. The highest BCUT2D eigenvalue weighted by Crippen LogP contribution is 2.03. The first-order valence-corrected chi connectivity index (χ1v) is 9.49. The van der Waals surface area contributed by atoms with Gasteiger partial charge in [-0.2, -0.15) is 0 Å². The molecule has 0 rings (SSSR count). The van der Waals surface area contributed by atoms with Crippen molar-refractivity contribution in [2.45, 2.75) is 57.7 Å². The highest BCUT2D eigenvalue weighted by molar-refractivity contribution is 5.66. The van der Waals surface area contributed by atoms with Gasteiger partial charge in [0, 0.05) is 13.5 Å². The van der Waals surface area contributed by atoms with Crippen LogP contribution < -0.4 is 0 Å². The molecular formula is C23H34O4. The van der Waals surface area contributed by atoms with Crippen LogP contribution in [0.3, 0.4) is 0 Å². The van der Waals surface area contributed by atoms with Gasteiger partial charge < -0.3 is 14.9 Å². The van der Waals surface area contributed by atoms with Crippen LogP contribution in [0.25, 0.3) is 0 Å². The second kappa shape index (κ2) is 18.6. The zero-order valence-electron chi connectivity index (χ0n) is 16.5. The van der Waals surface area contributed by atoms with Crippen LogP contribution in [-0.2, 0) is 9.53 Å². The fraction of sp³-hybridized carbons (Fsp3) is 0.435. The molecule has 0 aliphatic heterocycles. The summed E-state index contributed by atoms with van der Waals surface area (Å²) in [5.74, 6) is -0.780. The van der Waals surface area contributed by atoms with Gasteiger partial charge in [-0.1, -0.05) is 79.8 Å². The van der Waals surface area contributed by atoms with Gasteiger partial charge in [0.2, 0.25) is 0 Å². The minimum absolute atomic E-state index is 0.0163. The maximum atomic E-state index is 10.4. The lowest BCUT2D eigenvalue weighted by Crippen LogP contribution is -2.04. The molecule has 0 aliphatic rings. The Kier molecular flexibility index (Phi) is 17.1. The van der Waals surface area contributed by atoms with Crippen molar-refractivity contribution in [3.8, 4) is 0 Å². The zero-order valence-corrected chi connectivity index (χ0v) is 16.5. The second-order valence-electron chi connectivity index (χ2n) is 5.96. The summed E-state index contributed by atoms with van der Waals surface area (Å²) in [6, 6.07) is 0. The van der Waals surface area contributed by atoms with Crippen LogP contribution in [-0.4, -0.2) is 35.5 Å². The number of carboxylic acids is 1. The smallest absolute Gasteiger partial charge is 0.303 e. The van der Waals surface area contributed by atoms with Crippen molar-refractivity contribution < 1.29 is 19.7 Å². The molecule has 0 aromatic heterocycles. The number of aliphatic hydroxyl groups excluding tert-OH is 1. The summed E-state index contributed by atoms with van der Waals surface area (Å²) >= 11 is 0. The Hall–Kier alpha value is -2.17. The number of aliphatic hydroxyl groups is 1. The molecule has 4 heteroatoms. The highest BCUT2D eigenvalue weighted by atomic mass is 16.5. The third-order valence-electron chi connectivity index (χ3n) is 3.57. The summed E-state index contributed by atoms with van der Waals surface area (Å²) in [4.78, 5) is 10.4. The second-order valence-corrected chi connectivity index (χ2v) is 5.96. The maximum absolute atomic E-state index is 10.4. The first kappa shape index (κ1) is 24.8. The molecule has 27 heavy (non-hydrogen) atoms. The lowest BCUT2D eigenvalue weighted by molar-refractivity contribution is -0.136. The summed E-state index contributed by atoms with van der Waals surface area (Å²) in [5, 5.41) is 18.3. The molecule has 0 saturated heterocycles. The maximum Gasteiger partial charge on any atom is 0.303 e. The largest absolute Gasteiger partial charge is 0.481 e. The van der Waals surface area contributed by atoms with E-state index in [1.54, 1.807) is 13.2 Å². The van der Waals surface area contributed by atoms with E-state index in [-0.39, 0.29) is 12.5 Å².